The Bertz CT molecular complexity index is 1410. The Kier molecular flexibility index (Phi) is 7.79. The van der Waals surface area contributed by atoms with E-state index in [1.54, 1.807) is 7.11 Å². The van der Waals surface area contributed by atoms with Gasteiger partial charge in [-0.1, -0.05) is 76.6 Å². The van der Waals surface area contributed by atoms with Crippen molar-refractivity contribution in [2.24, 2.45) is 0 Å². The lowest BCUT2D eigenvalue weighted by molar-refractivity contribution is -0.139. The fraction of sp³-hybridized carbons (Fsp3) is 0.250. The number of esters is 1. The molecule has 0 bridgehead atoms. The van der Waals surface area contributed by atoms with E-state index in [0.717, 1.165) is 38.3 Å². The molecule has 0 amide bonds. The summed E-state index contributed by atoms with van der Waals surface area (Å²) in [6.07, 6.45) is 1.69. The maximum absolute atomic E-state index is 13.8. The minimum absolute atomic E-state index is 0.0439. The number of hydrogen-bond donors (Lipinski definition) is 1. The van der Waals surface area contributed by atoms with Crippen molar-refractivity contribution in [3.8, 4) is 5.75 Å². The normalized spacial score (nSPS) is 19.1. The number of carbonyl (C=O) groups excluding carboxylic acids is 2. The predicted octanol–water partition coefficient (Wildman–Crippen LogP) is 6.61. The molecule has 0 radical (unpaired) electrons. The van der Waals surface area contributed by atoms with Crippen molar-refractivity contribution in [1.29, 1.82) is 0 Å². The van der Waals surface area contributed by atoms with E-state index in [2.05, 4.69) is 21.2 Å². The maximum Gasteiger partial charge on any atom is 0.336 e. The van der Waals surface area contributed by atoms with Gasteiger partial charge in [0.1, 0.15) is 5.75 Å². The molecule has 0 saturated heterocycles. The van der Waals surface area contributed by atoms with E-state index in [0.29, 0.717) is 30.4 Å². The zero-order valence-corrected chi connectivity index (χ0v) is 23.1. The third kappa shape index (κ3) is 5.32. The van der Waals surface area contributed by atoms with E-state index in [1.165, 1.54) is 0 Å². The van der Waals surface area contributed by atoms with Crippen molar-refractivity contribution >= 4 is 27.7 Å². The second kappa shape index (κ2) is 11.4. The Morgan fingerprint density at radius 1 is 0.974 bits per heavy atom. The molecule has 1 aliphatic carbocycles. The number of methoxy groups -OCH3 is 1. The number of ketones is 1. The summed E-state index contributed by atoms with van der Waals surface area (Å²) in [5, 5.41) is 3.43. The van der Waals surface area contributed by atoms with Crippen LogP contribution in [0.1, 0.15) is 48.3 Å². The number of benzene rings is 3. The molecule has 1 N–H and O–H groups in total. The molecule has 1 aliphatic heterocycles. The van der Waals surface area contributed by atoms with E-state index < -0.39 is 11.9 Å². The van der Waals surface area contributed by atoms with Crippen molar-refractivity contribution in [2.45, 2.75) is 38.0 Å². The molecule has 2 aliphatic rings. The number of allylic oxidation sites excluding steroid dienone is 3. The summed E-state index contributed by atoms with van der Waals surface area (Å²) in [7, 11) is 1.64. The molecule has 0 spiro atoms. The van der Waals surface area contributed by atoms with Crippen molar-refractivity contribution in [2.75, 3.05) is 13.7 Å². The van der Waals surface area contributed by atoms with E-state index >= 15 is 0 Å². The summed E-state index contributed by atoms with van der Waals surface area (Å²) < 4.78 is 11.9. The number of dihydropyridines is 1. The van der Waals surface area contributed by atoms with Crippen LogP contribution in [-0.4, -0.2) is 25.5 Å². The number of ether oxygens (including phenoxy) is 2. The molecule has 2 atom stereocenters. The molecule has 38 heavy (non-hydrogen) atoms. The van der Waals surface area contributed by atoms with Gasteiger partial charge in [-0.25, -0.2) is 4.79 Å². The second-order valence-corrected chi connectivity index (χ2v) is 10.5. The molecule has 6 heteroatoms. The number of nitrogens with one attached hydrogen (secondary N) is 1. The quantitative estimate of drug-likeness (QED) is 0.323. The van der Waals surface area contributed by atoms with E-state index in [4.69, 9.17) is 9.47 Å². The van der Waals surface area contributed by atoms with Crippen LogP contribution in [-0.2, 0) is 20.7 Å². The summed E-state index contributed by atoms with van der Waals surface area (Å²) in [5.41, 5.74) is 5.82. The highest BCUT2D eigenvalue weighted by Crippen LogP contribution is 2.47. The maximum atomic E-state index is 13.8. The van der Waals surface area contributed by atoms with Gasteiger partial charge < -0.3 is 14.8 Å². The summed E-state index contributed by atoms with van der Waals surface area (Å²) in [6.45, 7) is 2.16. The Labute approximate surface area is 231 Å². The van der Waals surface area contributed by atoms with Crippen LogP contribution in [0.25, 0.3) is 0 Å². The van der Waals surface area contributed by atoms with Gasteiger partial charge in [0.05, 0.1) is 19.3 Å². The highest BCUT2D eigenvalue weighted by Gasteiger charge is 2.42. The number of Topliss-reactive ketones (excluding diaryl/α,β-unsaturated/α-hetero) is 1. The smallest absolute Gasteiger partial charge is 0.336 e. The summed E-state index contributed by atoms with van der Waals surface area (Å²) in [5.74, 6) is -0.0254. The lowest BCUT2D eigenvalue weighted by Crippen LogP contribution is -2.36. The van der Waals surface area contributed by atoms with E-state index in [-0.39, 0.29) is 18.3 Å². The molecule has 5 nitrogen and oxygen atoms in total. The highest BCUT2D eigenvalue weighted by molar-refractivity contribution is 9.10. The molecule has 0 aromatic heterocycles. The third-order valence-electron chi connectivity index (χ3n) is 7.32. The lowest BCUT2D eigenvalue weighted by Gasteiger charge is -2.37. The molecule has 0 unspecified atom stereocenters. The van der Waals surface area contributed by atoms with Crippen molar-refractivity contribution in [1.82, 2.24) is 5.32 Å². The van der Waals surface area contributed by atoms with Crippen LogP contribution in [0.2, 0.25) is 0 Å². The van der Waals surface area contributed by atoms with Gasteiger partial charge in [0, 0.05) is 40.2 Å². The Morgan fingerprint density at radius 2 is 1.68 bits per heavy atom. The van der Waals surface area contributed by atoms with Crippen molar-refractivity contribution < 1.29 is 19.1 Å². The molecule has 5 rings (SSSR count). The highest BCUT2D eigenvalue weighted by atomic mass is 79.9. The second-order valence-electron chi connectivity index (χ2n) is 9.68. The number of halogens is 1. The fourth-order valence-corrected chi connectivity index (χ4v) is 5.94. The average molecular weight is 572 g/mol. The molecular weight excluding hydrogens is 542 g/mol. The Morgan fingerprint density at radius 3 is 2.39 bits per heavy atom. The van der Waals surface area contributed by atoms with Crippen LogP contribution in [0, 0.1) is 0 Å². The van der Waals surface area contributed by atoms with Gasteiger partial charge in [0.25, 0.3) is 0 Å². The lowest BCUT2D eigenvalue weighted by atomic mass is 9.71. The minimum atomic E-state index is -0.504. The number of rotatable bonds is 7. The zero-order valence-electron chi connectivity index (χ0n) is 21.5. The third-order valence-corrected chi connectivity index (χ3v) is 8.04. The summed E-state index contributed by atoms with van der Waals surface area (Å²) >= 11 is 3.67. The SMILES string of the molecule is COc1ccc([C@@H]2CC(=O)C3=C(C2)NC(C)=C(C(=O)OCCc2ccccc2)[C@H]3c2ccccc2Br)cc1. The zero-order chi connectivity index (χ0) is 26.6. The minimum Gasteiger partial charge on any atom is -0.497 e. The van der Waals surface area contributed by atoms with Gasteiger partial charge in [-0.3, -0.25) is 4.79 Å². The van der Waals surface area contributed by atoms with Gasteiger partial charge in [0.2, 0.25) is 0 Å². The molecular formula is C32H30BrNO4. The van der Waals surface area contributed by atoms with E-state index in [1.807, 2.05) is 85.8 Å². The fourth-order valence-electron chi connectivity index (χ4n) is 5.43. The number of hydrogen-bond acceptors (Lipinski definition) is 5. The van der Waals surface area contributed by atoms with E-state index in [9.17, 15) is 9.59 Å². The molecule has 3 aromatic carbocycles. The molecule has 3 aromatic rings. The molecule has 194 valence electrons. The number of carbonyl (C=O) groups is 2. The molecule has 0 fully saturated rings. The van der Waals surface area contributed by atoms with Crippen LogP contribution < -0.4 is 10.1 Å². The van der Waals surface area contributed by atoms with Crippen LogP contribution >= 0.6 is 15.9 Å². The Balaban J connectivity index is 1.46. The van der Waals surface area contributed by atoms with Crippen LogP contribution in [0.4, 0.5) is 0 Å². The monoisotopic (exact) mass is 571 g/mol. The van der Waals surface area contributed by atoms with Crippen LogP contribution in [0.3, 0.4) is 0 Å². The largest absolute Gasteiger partial charge is 0.497 e. The molecule has 1 heterocycles. The van der Waals surface area contributed by atoms with Crippen molar-refractivity contribution in [3.05, 3.63) is 123 Å². The standard InChI is InChI=1S/C32H30BrNO4/c1-20-29(32(36)38-17-16-21-8-4-3-5-9-21)30(25-10-6-7-11-26(25)33)31-27(34-20)18-23(19-28(31)35)22-12-14-24(37-2)15-13-22/h3-15,23,30,34H,16-19H2,1-2H3/t23-,30+/m0/s1. The first kappa shape index (κ1) is 26.0. The van der Waals surface area contributed by atoms with Gasteiger partial charge in [0.15, 0.2) is 5.78 Å². The van der Waals surface area contributed by atoms with Gasteiger partial charge in [-0.2, -0.15) is 0 Å². The summed E-state index contributed by atoms with van der Waals surface area (Å²) in [4.78, 5) is 27.3. The first-order valence-electron chi connectivity index (χ1n) is 12.8. The van der Waals surface area contributed by atoms with Gasteiger partial charge >= 0.3 is 5.97 Å². The average Bonchev–Trinajstić information content (AvgIpc) is 2.93. The topological polar surface area (TPSA) is 64.6 Å². The van der Waals surface area contributed by atoms with Crippen LogP contribution in [0.5, 0.6) is 5.75 Å². The summed E-state index contributed by atoms with van der Waals surface area (Å²) in [6, 6.07) is 25.6. The molecule has 0 saturated carbocycles. The first-order valence-corrected chi connectivity index (χ1v) is 13.6. The first-order chi connectivity index (χ1) is 18.5. The van der Waals surface area contributed by atoms with Crippen LogP contribution in [0.15, 0.2) is 106 Å². The Hall–Kier alpha value is -3.64. The predicted molar refractivity (Wildman–Crippen MR) is 151 cm³/mol. The van der Waals surface area contributed by atoms with Gasteiger partial charge in [-0.15, -0.1) is 0 Å². The van der Waals surface area contributed by atoms with Crippen molar-refractivity contribution in [3.63, 3.8) is 0 Å². The van der Waals surface area contributed by atoms with Gasteiger partial charge in [-0.05, 0) is 54.2 Å².